The molecule has 1 N–H and O–H groups in total. The molecule has 4 aliphatic rings. The van der Waals surface area contributed by atoms with Gasteiger partial charge in [0.25, 0.3) is 0 Å². The first-order valence-corrected chi connectivity index (χ1v) is 9.07. The van der Waals surface area contributed by atoms with E-state index in [-0.39, 0.29) is 6.04 Å². The number of carbonyl (C=O) groups excluding carboxylic acids is 1. The van der Waals surface area contributed by atoms with Crippen molar-refractivity contribution in [3.8, 4) is 0 Å². The number of hydrogen-bond acceptors (Lipinski definition) is 1. The van der Waals surface area contributed by atoms with Crippen molar-refractivity contribution < 1.29 is 4.79 Å². The molecule has 2 nitrogen and oxygen atoms in total. The lowest BCUT2D eigenvalue weighted by Crippen LogP contribution is -2.53. The highest BCUT2D eigenvalue weighted by Gasteiger charge is 2.50. The van der Waals surface area contributed by atoms with Gasteiger partial charge in [-0.15, -0.1) is 0 Å². The summed E-state index contributed by atoms with van der Waals surface area (Å²) in [5.41, 5.74) is 0. The Kier molecular flexibility index (Phi) is 3.94. The van der Waals surface area contributed by atoms with Crippen molar-refractivity contribution in [2.45, 2.75) is 52.0 Å². The zero-order chi connectivity index (χ0) is 13.6. The molecule has 2 unspecified atom stereocenters. The summed E-state index contributed by atoms with van der Waals surface area (Å²) in [4.78, 5) is 12.6. The molecule has 0 radical (unpaired) electrons. The Hall–Kier alpha value is -0.0500. The molecule has 0 spiro atoms. The fourth-order valence-electron chi connectivity index (χ4n) is 4.95. The average Bonchev–Trinajstić information content (AvgIpc) is 2.36. The molecule has 0 aromatic rings. The number of rotatable bonds is 4. The van der Waals surface area contributed by atoms with E-state index in [4.69, 9.17) is 0 Å². The van der Waals surface area contributed by atoms with E-state index in [2.05, 4.69) is 35.1 Å². The predicted octanol–water partition coefficient (Wildman–Crippen LogP) is 3.59. The summed E-state index contributed by atoms with van der Waals surface area (Å²) in [5.74, 6) is 4.48. The summed E-state index contributed by atoms with van der Waals surface area (Å²) >= 11 is 3.51. The van der Waals surface area contributed by atoms with Crippen molar-refractivity contribution in [1.29, 1.82) is 0 Å². The monoisotopic (exact) mass is 327 g/mol. The van der Waals surface area contributed by atoms with E-state index in [1.165, 1.54) is 32.1 Å². The highest BCUT2D eigenvalue weighted by atomic mass is 79.9. The van der Waals surface area contributed by atoms with Gasteiger partial charge in [-0.3, -0.25) is 4.79 Å². The third-order valence-corrected chi connectivity index (χ3v) is 7.02. The molecule has 4 bridgehead atoms. The highest BCUT2D eigenvalue weighted by molar-refractivity contribution is 9.09. The number of halogens is 1. The molecule has 0 aliphatic heterocycles. The average molecular weight is 328 g/mol. The maximum absolute atomic E-state index is 12.6. The van der Waals surface area contributed by atoms with Crippen molar-refractivity contribution in [1.82, 2.24) is 5.32 Å². The largest absolute Gasteiger partial charge is 0.353 e. The van der Waals surface area contributed by atoms with E-state index < -0.39 is 0 Å². The van der Waals surface area contributed by atoms with E-state index in [9.17, 15) is 4.79 Å². The van der Waals surface area contributed by atoms with Crippen molar-refractivity contribution >= 4 is 21.8 Å². The minimum atomic E-state index is 0.282. The lowest BCUT2D eigenvalue weighted by molar-refractivity contribution is -0.139. The first-order valence-electron chi connectivity index (χ1n) is 7.94. The molecule has 2 atom stereocenters. The Labute approximate surface area is 125 Å². The van der Waals surface area contributed by atoms with Crippen molar-refractivity contribution in [2.24, 2.45) is 35.5 Å². The number of amides is 1. The van der Waals surface area contributed by atoms with Crippen LogP contribution in [-0.4, -0.2) is 17.3 Å². The molecule has 0 heterocycles. The molecule has 4 aliphatic carbocycles. The van der Waals surface area contributed by atoms with Crippen LogP contribution in [0.25, 0.3) is 0 Å². The maximum atomic E-state index is 12.6. The van der Waals surface area contributed by atoms with E-state index in [1.807, 2.05) is 0 Å². The zero-order valence-electron chi connectivity index (χ0n) is 12.1. The Morgan fingerprint density at radius 1 is 1.11 bits per heavy atom. The lowest BCUT2D eigenvalue weighted by atomic mass is 9.51. The van der Waals surface area contributed by atoms with Gasteiger partial charge in [-0.1, -0.05) is 22.9 Å². The standard InChI is InChI=1S/C16H26BrNO/c1-9(8-17)10(2)18-16(19)15-13-4-11-3-12(6-13)7-14(15)5-11/h9-15H,3-8H2,1-2H3,(H,18,19). The van der Waals surface area contributed by atoms with Crippen LogP contribution in [0.3, 0.4) is 0 Å². The van der Waals surface area contributed by atoms with Crippen LogP contribution in [0.15, 0.2) is 0 Å². The smallest absolute Gasteiger partial charge is 0.223 e. The fourth-order valence-corrected chi connectivity index (χ4v) is 5.51. The molecule has 4 fully saturated rings. The first-order chi connectivity index (χ1) is 9.08. The number of hydrogen-bond donors (Lipinski definition) is 1. The molecule has 0 saturated heterocycles. The van der Waals surface area contributed by atoms with E-state index in [0.29, 0.717) is 29.6 Å². The second-order valence-corrected chi connectivity index (χ2v) is 8.03. The Bertz CT molecular complexity index is 329. The van der Waals surface area contributed by atoms with Gasteiger partial charge < -0.3 is 5.32 Å². The summed E-state index contributed by atoms with van der Waals surface area (Å²) in [6, 6.07) is 0.282. The molecule has 4 saturated carbocycles. The van der Waals surface area contributed by atoms with Crippen molar-refractivity contribution in [3.05, 3.63) is 0 Å². The predicted molar refractivity (Wildman–Crippen MR) is 81.1 cm³/mol. The van der Waals surface area contributed by atoms with Crippen LogP contribution in [0.1, 0.15) is 46.0 Å². The maximum Gasteiger partial charge on any atom is 0.223 e. The van der Waals surface area contributed by atoms with Gasteiger partial charge in [0.05, 0.1) is 0 Å². The molecule has 108 valence electrons. The van der Waals surface area contributed by atoms with Gasteiger partial charge in [0.2, 0.25) is 5.91 Å². The van der Waals surface area contributed by atoms with Gasteiger partial charge in [0.15, 0.2) is 0 Å². The lowest BCUT2D eigenvalue weighted by Gasteiger charge is -2.53. The third kappa shape index (κ3) is 2.59. The molecule has 3 heteroatoms. The Morgan fingerprint density at radius 3 is 2.11 bits per heavy atom. The SMILES string of the molecule is CC(CBr)C(C)NC(=O)C1C2CC3CC(C2)CC1C3. The van der Waals surface area contributed by atoms with E-state index >= 15 is 0 Å². The normalized spacial score (nSPS) is 43.0. The molecule has 4 rings (SSSR count). The quantitative estimate of drug-likeness (QED) is 0.785. The number of nitrogens with one attached hydrogen (secondary N) is 1. The second kappa shape index (κ2) is 5.38. The summed E-state index contributed by atoms with van der Waals surface area (Å²) in [6.45, 7) is 4.33. The fraction of sp³-hybridized carbons (Fsp3) is 0.938. The van der Waals surface area contributed by atoms with Crippen LogP contribution in [0.2, 0.25) is 0 Å². The minimum absolute atomic E-state index is 0.282. The van der Waals surface area contributed by atoms with Crippen LogP contribution < -0.4 is 5.32 Å². The molecule has 0 aromatic heterocycles. The van der Waals surface area contributed by atoms with Gasteiger partial charge in [-0.25, -0.2) is 0 Å². The summed E-state index contributed by atoms with van der Waals surface area (Å²) in [5, 5.41) is 4.24. The number of alkyl halides is 1. The third-order valence-electron chi connectivity index (χ3n) is 6.00. The van der Waals surface area contributed by atoms with Crippen LogP contribution in [0, 0.1) is 35.5 Å². The van der Waals surface area contributed by atoms with Crippen LogP contribution in [-0.2, 0) is 4.79 Å². The highest BCUT2D eigenvalue weighted by Crippen LogP contribution is 2.56. The second-order valence-electron chi connectivity index (χ2n) is 7.39. The van der Waals surface area contributed by atoms with Crippen molar-refractivity contribution in [2.75, 3.05) is 5.33 Å². The van der Waals surface area contributed by atoms with Crippen LogP contribution >= 0.6 is 15.9 Å². The van der Waals surface area contributed by atoms with E-state index in [1.54, 1.807) is 0 Å². The Balaban J connectivity index is 1.64. The van der Waals surface area contributed by atoms with Crippen LogP contribution in [0.4, 0.5) is 0 Å². The Morgan fingerprint density at radius 2 is 1.63 bits per heavy atom. The zero-order valence-corrected chi connectivity index (χ0v) is 13.7. The van der Waals surface area contributed by atoms with Crippen LogP contribution in [0.5, 0.6) is 0 Å². The van der Waals surface area contributed by atoms with Gasteiger partial charge in [-0.2, -0.15) is 0 Å². The first kappa shape index (κ1) is 13.9. The topological polar surface area (TPSA) is 29.1 Å². The molecular formula is C16H26BrNO. The van der Waals surface area contributed by atoms with E-state index in [0.717, 1.165) is 17.2 Å². The summed E-state index contributed by atoms with van der Waals surface area (Å²) in [6.07, 6.45) is 6.76. The molecule has 1 amide bonds. The summed E-state index contributed by atoms with van der Waals surface area (Å²) < 4.78 is 0. The summed E-state index contributed by atoms with van der Waals surface area (Å²) in [7, 11) is 0. The molecule has 0 aromatic carbocycles. The minimum Gasteiger partial charge on any atom is -0.353 e. The molecular weight excluding hydrogens is 302 g/mol. The van der Waals surface area contributed by atoms with Gasteiger partial charge in [-0.05, 0) is 68.6 Å². The van der Waals surface area contributed by atoms with Gasteiger partial charge in [0, 0.05) is 17.3 Å². The van der Waals surface area contributed by atoms with Crippen molar-refractivity contribution in [3.63, 3.8) is 0 Å². The van der Waals surface area contributed by atoms with Gasteiger partial charge >= 0.3 is 0 Å². The number of carbonyl (C=O) groups is 1. The van der Waals surface area contributed by atoms with Gasteiger partial charge in [0.1, 0.15) is 0 Å². The molecule has 19 heavy (non-hydrogen) atoms.